The quantitative estimate of drug-likeness (QED) is 0.410. The van der Waals surface area contributed by atoms with Crippen molar-refractivity contribution in [1.82, 2.24) is 10.3 Å². The van der Waals surface area contributed by atoms with Crippen molar-refractivity contribution < 1.29 is 24.2 Å². The van der Waals surface area contributed by atoms with Gasteiger partial charge in [-0.1, -0.05) is 0 Å². The topological polar surface area (TPSA) is 144 Å². The van der Waals surface area contributed by atoms with E-state index < -0.39 is 10.9 Å². The molecular weight excluding hydrogens is 310 g/mol. The van der Waals surface area contributed by atoms with Gasteiger partial charge in [0.1, 0.15) is 12.2 Å². The Kier molecular flexibility index (Phi) is 4.91. The van der Waals surface area contributed by atoms with E-state index in [1.807, 2.05) is 0 Å². The van der Waals surface area contributed by atoms with Crippen LogP contribution in [0.1, 0.15) is 0 Å². The largest absolute Gasteiger partial charge is 0.468 e. The number of esters is 1. The van der Waals surface area contributed by atoms with Crippen LogP contribution < -0.4 is 10.2 Å². The third kappa shape index (κ3) is 3.29. The molecule has 124 valence electrons. The standard InChI is InChI=1S/C12H15N5O6/c1-16(3-4-18)8-5-7(13-6-9(19)22-2)10-11(15-23-14-10)12(8)17(20)21/h5,13,18H,3-4,6H2,1-2H3. The van der Waals surface area contributed by atoms with E-state index in [9.17, 15) is 14.9 Å². The van der Waals surface area contributed by atoms with Crippen LogP contribution in [0.3, 0.4) is 0 Å². The molecule has 2 aromatic rings. The molecule has 1 heterocycles. The SMILES string of the molecule is COC(=O)CNc1cc(N(C)CCO)c([N+](=O)[O-])c2nonc12. The Hall–Kier alpha value is -2.95. The molecule has 0 amide bonds. The Bertz CT molecular complexity index is 730. The molecule has 1 aromatic heterocycles. The number of aliphatic hydroxyl groups is 1. The fraction of sp³-hybridized carbons (Fsp3) is 0.417. The van der Waals surface area contributed by atoms with Crippen LogP contribution in [-0.4, -0.2) is 60.2 Å². The lowest BCUT2D eigenvalue weighted by Gasteiger charge is -2.19. The number of aromatic nitrogens is 2. The number of methoxy groups -OCH3 is 1. The minimum absolute atomic E-state index is 0.0512. The smallest absolute Gasteiger partial charge is 0.325 e. The highest BCUT2D eigenvalue weighted by molar-refractivity contribution is 6.00. The number of carbonyl (C=O) groups excluding carboxylic acids is 1. The van der Waals surface area contributed by atoms with Crippen molar-refractivity contribution in [2.24, 2.45) is 0 Å². The molecular formula is C12H15N5O6. The second kappa shape index (κ2) is 6.87. The van der Waals surface area contributed by atoms with Gasteiger partial charge in [0.15, 0.2) is 5.52 Å². The summed E-state index contributed by atoms with van der Waals surface area (Å²) >= 11 is 0. The summed E-state index contributed by atoms with van der Waals surface area (Å²) in [4.78, 5) is 23.5. The van der Waals surface area contributed by atoms with Crippen molar-refractivity contribution in [2.75, 3.05) is 44.1 Å². The van der Waals surface area contributed by atoms with E-state index >= 15 is 0 Å². The number of fused-ring (bicyclic) bond motifs is 1. The van der Waals surface area contributed by atoms with Gasteiger partial charge in [0.25, 0.3) is 0 Å². The first kappa shape index (κ1) is 16.4. The van der Waals surface area contributed by atoms with Crippen LogP contribution in [0, 0.1) is 10.1 Å². The van der Waals surface area contributed by atoms with Gasteiger partial charge < -0.3 is 20.1 Å². The van der Waals surface area contributed by atoms with Gasteiger partial charge in [0.05, 0.1) is 24.3 Å². The monoisotopic (exact) mass is 325 g/mol. The van der Waals surface area contributed by atoms with Gasteiger partial charge >= 0.3 is 11.7 Å². The van der Waals surface area contributed by atoms with Crippen molar-refractivity contribution in [3.63, 3.8) is 0 Å². The number of ether oxygens (including phenoxy) is 1. The molecule has 0 atom stereocenters. The van der Waals surface area contributed by atoms with Crippen LogP contribution >= 0.6 is 0 Å². The van der Waals surface area contributed by atoms with Gasteiger partial charge in [-0.05, 0) is 16.4 Å². The molecule has 23 heavy (non-hydrogen) atoms. The van der Waals surface area contributed by atoms with Crippen LogP contribution in [0.15, 0.2) is 10.7 Å². The number of rotatable bonds is 7. The first-order chi connectivity index (χ1) is 11.0. The molecule has 0 aliphatic heterocycles. The van der Waals surface area contributed by atoms with E-state index in [1.54, 1.807) is 7.05 Å². The second-order valence-electron chi connectivity index (χ2n) is 4.59. The van der Waals surface area contributed by atoms with E-state index in [-0.39, 0.29) is 42.1 Å². The molecule has 0 aliphatic carbocycles. The Balaban J connectivity index is 2.55. The Morgan fingerprint density at radius 1 is 1.52 bits per heavy atom. The summed E-state index contributed by atoms with van der Waals surface area (Å²) in [6, 6.07) is 1.45. The third-order valence-electron chi connectivity index (χ3n) is 3.17. The maximum Gasteiger partial charge on any atom is 0.325 e. The van der Waals surface area contributed by atoms with Gasteiger partial charge in [0, 0.05) is 13.6 Å². The summed E-state index contributed by atoms with van der Waals surface area (Å²) in [5.41, 5.74) is 0.323. The molecule has 0 spiro atoms. The second-order valence-corrected chi connectivity index (χ2v) is 4.59. The Morgan fingerprint density at radius 2 is 2.22 bits per heavy atom. The number of nitrogens with zero attached hydrogens (tertiary/aromatic N) is 4. The molecule has 0 saturated heterocycles. The lowest BCUT2D eigenvalue weighted by atomic mass is 10.1. The first-order valence-corrected chi connectivity index (χ1v) is 6.56. The lowest BCUT2D eigenvalue weighted by Crippen LogP contribution is -2.23. The summed E-state index contributed by atoms with van der Waals surface area (Å²) in [6.07, 6.45) is 0. The van der Waals surface area contributed by atoms with E-state index in [2.05, 4.69) is 25.0 Å². The maximum atomic E-state index is 11.4. The van der Waals surface area contributed by atoms with E-state index in [0.29, 0.717) is 5.69 Å². The summed E-state index contributed by atoms with van der Waals surface area (Å²) in [5.74, 6) is -0.516. The molecule has 0 radical (unpaired) electrons. The van der Waals surface area contributed by atoms with Crippen LogP contribution in [0.4, 0.5) is 17.1 Å². The Labute approximate surface area is 129 Å². The fourth-order valence-corrected chi connectivity index (χ4v) is 2.03. The van der Waals surface area contributed by atoms with Crippen molar-refractivity contribution in [1.29, 1.82) is 0 Å². The zero-order valence-corrected chi connectivity index (χ0v) is 12.5. The van der Waals surface area contributed by atoms with Crippen LogP contribution in [0.5, 0.6) is 0 Å². The van der Waals surface area contributed by atoms with Crippen LogP contribution in [0.25, 0.3) is 11.0 Å². The van der Waals surface area contributed by atoms with Crippen LogP contribution in [0.2, 0.25) is 0 Å². The predicted octanol–water partition coefficient (Wildman–Crippen LogP) is 0.144. The van der Waals surface area contributed by atoms with Gasteiger partial charge in [-0.3, -0.25) is 14.9 Å². The number of anilines is 2. The van der Waals surface area contributed by atoms with E-state index in [4.69, 9.17) is 5.11 Å². The molecule has 0 saturated carbocycles. The fourth-order valence-electron chi connectivity index (χ4n) is 2.03. The van der Waals surface area contributed by atoms with Crippen molar-refractivity contribution in [2.45, 2.75) is 0 Å². The number of benzene rings is 1. The summed E-state index contributed by atoms with van der Waals surface area (Å²) in [6.45, 7) is -0.166. The van der Waals surface area contributed by atoms with Crippen LogP contribution in [-0.2, 0) is 9.53 Å². The van der Waals surface area contributed by atoms with Gasteiger partial charge in [-0.15, -0.1) is 0 Å². The summed E-state index contributed by atoms with van der Waals surface area (Å²) in [7, 11) is 2.83. The van der Waals surface area contributed by atoms with Crippen molar-refractivity contribution in [3.8, 4) is 0 Å². The number of aliphatic hydroxyl groups excluding tert-OH is 1. The zero-order chi connectivity index (χ0) is 17.0. The molecule has 2 N–H and O–H groups in total. The molecule has 2 rings (SSSR count). The number of nitro benzene ring substituents is 1. The average molecular weight is 325 g/mol. The molecule has 1 aromatic carbocycles. The first-order valence-electron chi connectivity index (χ1n) is 6.56. The minimum atomic E-state index is -0.597. The number of nitro groups is 1. The minimum Gasteiger partial charge on any atom is -0.468 e. The Morgan fingerprint density at radius 3 is 2.83 bits per heavy atom. The van der Waals surface area contributed by atoms with E-state index in [1.165, 1.54) is 18.1 Å². The van der Waals surface area contributed by atoms with Crippen molar-refractivity contribution >= 4 is 34.1 Å². The molecule has 0 aliphatic rings. The number of nitrogens with one attached hydrogen (secondary N) is 1. The van der Waals surface area contributed by atoms with Crippen molar-refractivity contribution in [3.05, 3.63) is 16.2 Å². The highest BCUT2D eigenvalue weighted by Gasteiger charge is 2.27. The third-order valence-corrected chi connectivity index (χ3v) is 3.17. The summed E-state index contributed by atoms with van der Waals surface area (Å²) in [5, 5.41) is 30.4. The highest BCUT2D eigenvalue weighted by atomic mass is 16.6. The highest BCUT2D eigenvalue weighted by Crippen LogP contribution is 2.38. The zero-order valence-electron chi connectivity index (χ0n) is 12.5. The van der Waals surface area contributed by atoms with Gasteiger partial charge in [-0.2, -0.15) is 0 Å². The normalized spacial score (nSPS) is 10.6. The summed E-state index contributed by atoms with van der Waals surface area (Å²) < 4.78 is 9.13. The number of hydrogen-bond acceptors (Lipinski definition) is 10. The number of carbonyl (C=O) groups is 1. The van der Waals surface area contributed by atoms with Gasteiger partial charge in [0.2, 0.25) is 5.52 Å². The molecule has 11 nitrogen and oxygen atoms in total. The molecule has 0 bridgehead atoms. The molecule has 0 fully saturated rings. The van der Waals surface area contributed by atoms with Gasteiger partial charge in [-0.25, -0.2) is 4.63 Å². The lowest BCUT2D eigenvalue weighted by molar-refractivity contribution is -0.382. The molecule has 11 heteroatoms. The van der Waals surface area contributed by atoms with E-state index in [0.717, 1.165) is 0 Å². The average Bonchev–Trinajstić information content (AvgIpc) is 3.00. The molecule has 0 unspecified atom stereocenters. The number of likely N-dealkylation sites (N-methyl/N-ethyl adjacent to an activating group) is 1. The maximum absolute atomic E-state index is 11.4. The predicted molar refractivity (Wildman–Crippen MR) is 79.3 cm³/mol. The number of hydrogen-bond donors (Lipinski definition) is 2.